The van der Waals surface area contributed by atoms with Crippen molar-refractivity contribution < 1.29 is 23.9 Å². The molecule has 1 N–H and O–H groups in total. The maximum atomic E-state index is 14.1. The zero-order chi connectivity index (χ0) is 26.8. The van der Waals surface area contributed by atoms with Gasteiger partial charge in [-0.1, -0.05) is 31.0 Å². The molecule has 0 bridgehead atoms. The van der Waals surface area contributed by atoms with Crippen molar-refractivity contribution in [2.24, 2.45) is 0 Å². The molecule has 0 saturated carbocycles. The molecule has 8 nitrogen and oxygen atoms in total. The predicted octanol–water partition coefficient (Wildman–Crippen LogP) is 5.67. The Morgan fingerprint density at radius 2 is 1.66 bits per heavy atom. The Morgan fingerprint density at radius 1 is 0.947 bits per heavy atom. The van der Waals surface area contributed by atoms with E-state index in [4.69, 9.17) is 4.74 Å². The van der Waals surface area contributed by atoms with Gasteiger partial charge < -0.3 is 19.3 Å². The Morgan fingerprint density at radius 3 is 2.37 bits per heavy atom. The number of rotatable bonds is 3. The summed E-state index contributed by atoms with van der Waals surface area (Å²) in [7, 11) is 1.32. The number of hydrogen-bond donors (Lipinski definition) is 1. The van der Waals surface area contributed by atoms with E-state index in [1.807, 2.05) is 42.2 Å². The van der Waals surface area contributed by atoms with Crippen LogP contribution in [0.3, 0.4) is 0 Å². The predicted molar refractivity (Wildman–Crippen MR) is 147 cm³/mol. The monoisotopic (exact) mass is 517 g/mol. The largest absolute Gasteiger partial charge is 0.453 e. The highest BCUT2D eigenvalue weighted by atomic mass is 16.5. The zero-order valence-corrected chi connectivity index (χ0v) is 22.3. The summed E-state index contributed by atoms with van der Waals surface area (Å²) >= 11 is 0. The number of carbonyl (C=O) groups is 3. The van der Waals surface area contributed by atoms with Crippen molar-refractivity contribution in [3.8, 4) is 11.1 Å². The molecule has 5 rings (SSSR count). The average Bonchev–Trinajstić information content (AvgIpc) is 3.28. The van der Waals surface area contributed by atoms with Gasteiger partial charge in [0.15, 0.2) is 6.10 Å². The minimum atomic E-state index is -0.556. The van der Waals surface area contributed by atoms with E-state index in [1.165, 1.54) is 31.1 Å². The van der Waals surface area contributed by atoms with Gasteiger partial charge in [-0.3, -0.25) is 14.9 Å². The highest BCUT2D eigenvalue weighted by Crippen LogP contribution is 2.41. The second-order valence-corrected chi connectivity index (χ2v) is 10.3. The number of carbonyl (C=O) groups excluding carboxylic acids is 3. The van der Waals surface area contributed by atoms with E-state index in [-0.39, 0.29) is 17.9 Å². The van der Waals surface area contributed by atoms with Crippen LogP contribution >= 0.6 is 0 Å². The van der Waals surface area contributed by atoms with Crippen molar-refractivity contribution in [3.63, 3.8) is 0 Å². The van der Waals surface area contributed by atoms with Gasteiger partial charge in [0.25, 0.3) is 5.91 Å². The first kappa shape index (κ1) is 26.0. The van der Waals surface area contributed by atoms with E-state index in [0.717, 1.165) is 42.5 Å². The van der Waals surface area contributed by atoms with Crippen LogP contribution in [0.1, 0.15) is 52.4 Å². The van der Waals surface area contributed by atoms with Crippen LogP contribution in [0.15, 0.2) is 53.6 Å². The summed E-state index contributed by atoms with van der Waals surface area (Å²) in [6.45, 7) is 4.47. The fraction of sp³-hybridized carbons (Fsp3) is 0.433. The number of amides is 3. The molecule has 2 atom stereocenters. The zero-order valence-electron chi connectivity index (χ0n) is 22.3. The van der Waals surface area contributed by atoms with Gasteiger partial charge in [0.2, 0.25) is 5.91 Å². The smallest absolute Gasteiger partial charge is 0.411 e. The lowest BCUT2D eigenvalue weighted by Gasteiger charge is -2.41. The van der Waals surface area contributed by atoms with Crippen LogP contribution in [0, 0.1) is 0 Å². The number of benzene rings is 2. The molecular formula is C30H35N3O5. The van der Waals surface area contributed by atoms with Crippen LogP contribution < -0.4 is 15.1 Å². The maximum Gasteiger partial charge on any atom is 0.411 e. The molecule has 0 radical (unpaired) electrons. The van der Waals surface area contributed by atoms with Gasteiger partial charge in [0.05, 0.1) is 31.1 Å². The topological polar surface area (TPSA) is 88.2 Å². The van der Waals surface area contributed by atoms with Gasteiger partial charge in [-0.15, -0.1) is 0 Å². The van der Waals surface area contributed by atoms with Crippen LogP contribution in [-0.2, 0) is 19.1 Å². The summed E-state index contributed by atoms with van der Waals surface area (Å²) in [5, 5.41) is 2.65. The molecule has 0 saturated heterocycles. The number of ether oxygens (including phenoxy) is 2. The molecule has 3 aliphatic rings. The molecule has 2 aromatic carbocycles. The summed E-state index contributed by atoms with van der Waals surface area (Å²) in [6.07, 6.45) is 5.49. The molecule has 2 heterocycles. The summed E-state index contributed by atoms with van der Waals surface area (Å²) in [4.78, 5) is 41.8. The molecule has 2 aromatic rings. The Hall–Kier alpha value is -3.65. The number of anilines is 3. The molecule has 2 unspecified atom stereocenters. The third kappa shape index (κ3) is 5.05. The van der Waals surface area contributed by atoms with Crippen molar-refractivity contribution in [1.82, 2.24) is 0 Å². The van der Waals surface area contributed by atoms with Crippen LogP contribution in [0.25, 0.3) is 11.1 Å². The molecule has 8 heteroatoms. The second-order valence-electron chi connectivity index (χ2n) is 10.3. The lowest BCUT2D eigenvalue weighted by Crippen LogP contribution is -2.53. The summed E-state index contributed by atoms with van der Waals surface area (Å²) in [5.41, 5.74) is 6.35. The molecule has 38 heavy (non-hydrogen) atoms. The van der Waals surface area contributed by atoms with E-state index in [2.05, 4.69) is 10.1 Å². The first-order valence-corrected chi connectivity index (χ1v) is 13.4. The molecule has 0 spiro atoms. The first-order chi connectivity index (χ1) is 18.4. The quantitative estimate of drug-likeness (QED) is 0.530. The van der Waals surface area contributed by atoms with Crippen molar-refractivity contribution in [1.29, 1.82) is 0 Å². The van der Waals surface area contributed by atoms with Crippen molar-refractivity contribution in [2.75, 3.05) is 35.4 Å². The Labute approximate surface area is 223 Å². The standard InChI is InChI=1S/C30H35N3O5/c1-19-17-32(29(35)28-25-9-7-5-4-6-8-23(25)18-38-28)27-16-22(12-15-26(27)33(19)20(2)34)21-10-13-24(14-11-21)31-30(36)37-3/h10-16,19,28H,4-9,17-18H2,1-3H3,(H,31,36). The van der Waals surface area contributed by atoms with Gasteiger partial charge in [-0.25, -0.2) is 4.79 Å². The summed E-state index contributed by atoms with van der Waals surface area (Å²) in [6, 6.07) is 13.1. The number of hydrogen-bond acceptors (Lipinski definition) is 5. The van der Waals surface area contributed by atoms with Crippen molar-refractivity contribution in [3.05, 3.63) is 53.6 Å². The van der Waals surface area contributed by atoms with E-state index in [1.54, 1.807) is 24.0 Å². The third-order valence-corrected chi connectivity index (χ3v) is 7.76. The highest BCUT2D eigenvalue weighted by Gasteiger charge is 2.40. The van der Waals surface area contributed by atoms with Gasteiger partial charge >= 0.3 is 6.09 Å². The molecule has 0 fully saturated rings. The molecule has 3 amide bonds. The fourth-order valence-electron chi connectivity index (χ4n) is 5.88. The summed E-state index contributed by atoms with van der Waals surface area (Å²) < 4.78 is 10.8. The third-order valence-electron chi connectivity index (χ3n) is 7.76. The molecular weight excluding hydrogens is 482 g/mol. The van der Waals surface area contributed by atoms with Gasteiger partial charge in [-0.2, -0.15) is 0 Å². The Balaban J connectivity index is 1.49. The number of nitrogens with zero attached hydrogens (tertiary/aromatic N) is 2. The molecule has 0 aromatic heterocycles. The minimum absolute atomic E-state index is 0.0540. The first-order valence-electron chi connectivity index (χ1n) is 13.4. The maximum absolute atomic E-state index is 14.1. The van der Waals surface area contributed by atoms with Gasteiger partial charge in [0, 0.05) is 19.2 Å². The van der Waals surface area contributed by atoms with Crippen molar-refractivity contribution in [2.45, 2.75) is 64.5 Å². The Kier molecular flexibility index (Phi) is 7.51. The number of fused-ring (bicyclic) bond motifs is 1. The lowest BCUT2D eigenvalue weighted by atomic mass is 9.91. The van der Waals surface area contributed by atoms with E-state index < -0.39 is 12.2 Å². The van der Waals surface area contributed by atoms with E-state index in [9.17, 15) is 14.4 Å². The highest BCUT2D eigenvalue weighted by molar-refractivity contribution is 6.07. The van der Waals surface area contributed by atoms with Crippen molar-refractivity contribution >= 4 is 35.0 Å². The molecule has 2 aliphatic heterocycles. The average molecular weight is 518 g/mol. The van der Waals surface area contributed by atoms with Crippen LogP contribution in [0.2, 0.25) is 0 Å². The fourth-order valence-corrected chi connectivity index (χ4v) is 5.88. The molecule has 1 aliphatic carbocycles. The van der Waals surface area contributed by atoms with Crippen LogP contribution in [0.5, 0.6) is 0 Å². The van der Waals surface area contributed by atoms with E-state index in [0.29, 0.717) is 24.5 Å². The van der Waals surface area contributed by atoms with Crippen LogP contribution in [-0.4, -0.2) is 50.3 Å². The van der Waals surface area contributed by atoms with Gasteiger partial charge in [-0.05, 0) is 79.1 Å². The Bertz CT molecular complexity index is 1270. The number of methoxy groups -OCH3 is 1. The van der Waals surface area contributed by atoms with Gasteiger partial charge in [0.1, 0.15) is 0 Å². The lowest BCUT2D eigenvalue weighted by molar-refractivity contribution is -0.126. The normalized spacial score (nSPS) is 21.2. The minimum Gasteiger partial charge on any atom is -0.453 e. The second kappa shape index (κ2) is 11.0. The van der Waals surface area contributed by atoms with E-state index >= 15 is 0 Å². The summed E-state index contributed by atoms with van der Waals surface area (Å²) in [5.74, 6) is -0.111. The SMILES string of the molecule is COC(=O)Nc1ccc(-c2ccc3c(c2)N(C(=O)C2OCC4=C2CCCCCC4)CC(C)N3C(C)=O)cc1. The molecule has 200 valence electrons. The van der Waals surface area contributed by atoms with Crippen LogP contribution in [0.4, 0.5) is 21.9 Å². The number of nitrogens with one attached hydrogen (secondary N) is 1.